The molecule has 0 spiro atoms. The Hall–Kier alpha value is -2.50. The van der Waals surface area contributed by atoms with E-state index in [-0.39, 0.29) is 42.5 Å². The molecule has 3 rings (SSSR count). The number of benzene rings is 2. The van der Waals surface area contributed by atoms with E-state index >= 15 is 0 Å². The average Bonchev–Trinajstić information content (AvgIpc) is 2.56. The van der Waals surface area contributed by atoms with E-state index < -0.39 is 11.9 Å². The largest absolute Gasteiger partial charge is 0.481 e. The summed E-state index contributed by atoms with van der Waals surface area (Å²) in [7, 11) is 0. The van der Waals surface area contributed by atoms with E-state index in [9.17, 15) is 14.4 Å². The molecular formula is C18H16ClNO4. The Morgan fingerprint density at radius 3 is 2.12 bits per heavy atom. The Balaban J connectivity index is 0.00000208. The SMILES string of the molecule is Cl.NCC(CC(=O)O)c1cccc2c1C(=O)c1ccccc1C2=O. The zero-order valence-corrected chi connectivity index (χ0v) is 13.5. The van der Waals surface area contributed by atoms with Gasteiger partial charge in [0.1, 0.15) is 0 Å². The van der Waals surface area contributed by atoms with Crippen molar-refractivity contribution in [2.45, 2.75) is 12.3 Å². The molecule has 0 saturated carbocycles. The van der Waals surface area contributed by atoms with Crippen molar-refractivity contribution < 1.29 is 19.5 Å². The van der Waals surface area contributed by atoms with Gasteiger partial charge in [-0.2, -0.15) is 0 Å². The molecule has 5 nitrogen and oxygen atoms in total. The summed E-state index contributed by atoms with van der Waals surface area (Å²) in [5.41, 5.74) is 7.56. The number of carboxylic acid groups (broad SMARTS) is 1. The molecule has 1 aliphatic carbocycles. The Morgan fingerprint density at radius 2 is 1.54 bits per heavy atom. The van der Waals surface area contributed by atoms with Crippen molar-refractivity contribution in [1.82, 2.24) is 0 Å². The molecule has 24 heavy (non-hydrogen) atoms. The van der Waals surface area contributed by atoms with Crippen molar-refractivity contribution in [3.05, 3.63) is 70.3 Å². The molecule has 2 aromatic rings. The third kappa shape index (κ3) is 2.84. The molecule has 124 valence electrons. The molecule has 1 atom stereocenters. The van der Waals surface area contributed by atoms with Gasteiger partial charge in [-0.25, -0.2) is 0 Å². The van der Waals surface area contributed by atoms with E-state index in [0.29, 0.717) is 22.3 Å². The van der Waals surface area contributed by atoms with Crippen molar-refractivity contribution in [2.75, 3.05) is 6.54 Å². The number of carbonyl (C=O) groups excluding carboxylic acids is 2. The number of aliphatic carboxylic acids is 1. The first-order chi connectivity index (χ1) is 11.0. The van der Waals surface area contributed by atoms with E-state index in [1.54, 1.807) is 42.5 Å². The van der Waals surface area contributed by atoms with E-state index in [1.165, 1.54) is 0 Å². The normalized spacial score (nSPS) is 13.5. The van der Waals surface area contributed by atoms with Gasteiger partial charge in [0, 0.05) is 28.2 Å². The summed E-state index contributed by atoms with van der Waals surface area (Å²) in [5, 5.41) is 9.05. The van der Waals surface area contributed by atoms with Gasteiger partial charge in [-0.05, 0) is 12.1 Å². The molecule has 0 radical (unpaired) electrons. The first-order valence-electron chi connectivity index (χ1n) is 7.27. The minimum Gasteiger partial charge on any atom is -0.481 e. The van der Waals surface area contributed by atoms with E-state index in [0.717, 1.165) is 0 Å². The molecule has 3 N–H and O–H groups in total. The maximum absolute atomic E-state index is 12.8. The molecule has 0 saturated heterocycles. The van der Waals surface area contributed by atoms with Crippen LogP contribution in [0.25, 0.3) is 0 Å². The number of nitrogens with two attached hydrogens (primary N) is 1. The van der Waals surface area contributed by atoms with Gasteiger partial charge < -0.3 is 10.8 Å². The Bertz CT molecular complexity index is 832. The Kier molecular flexibility index (Phi) is 5.17. The second-order valence-electron chi connectivity index (χ2n) is 5.50. The van der Waals surface area contributed by atoms with Crippen molar-refractivity contribution in [2.24, 2.45) is 5.73 Å². The van der Waals surface area contributed by atoms with E-state index in [2.05, 4.69) is 0 Å². The molecule has 6 heteroatoms. The summed E-state index contributed by atoms with van der Waals surface area (Å²) in [5.74, 6) is -1.98. The van der Waals surface area contributed by atoms with Crippen LogP contribution in [0.5, 0.6) is 0 Å². The summed E-state index contributed by atoms with van der Waals surface area (Å²) in [4.78, 5) is 36.5. The first kappa shape index (κ1) is 17.8. The molecule has 1 aliphatic rings. The Labute approximate surface area is 144 Å². The monoisotopic (exact) mass is 345 g/mol. The van der Waals surface area contributed by atoms with Crippen LogP contribution in [0.3, 0.4) is 0 Å². The summed E-state index contributed by atoms with van der Waals surface area (Å²) >= 11 is 0. The van der Waals surface area contributed by atoms with Crippen LogP contribution in [-0.4, -0.2) is 29.2 Å². The lowest BCUT2D eigenvalue weighted by atomic mass is 9.78. The van der Waals surface area contributed by atoms with Gasteiger partial charge in [0.2, 0.25) is 0 Å². The minimum atomic E-state index is -0.993. The summed E-state index contributed by atoms with van der Waals surface area (Å²) in [6.07, 6.45) is -0.184. The second-order valence-corrected chi connectivity index (χ2v) is 5.50. The molecule has 0 aromatic heterocycles. The maximum Gasteiger partial charge on any atom is 0.304 e. The van der Waals surface area contributed by atoms with Gasteiger partial charge in [-0.3, -0.25) is 14.4 Å². The summed E-state index contributed by atoms with van der Waals surface area (Å²) in [6, 6.07) is 11.6. The molecular weight excluding hydrogens is 330 g/mol. The van der Waals surface area contributed by atoms with Crippen LogP contribution in [0, 0.1) is 0 Å². The highest BCUT2D eigenvalue weighted by molar-refractivity contribution is 6.28. The van der Waals surface area contributed by atoms with Crippen LogP contribution >= 0.6 is 12.4 Å². The van der Waals surface area contributed by atoms with E-state index in [1.807, 2.05) is 0 Å². The standard InChI is InChI=1S/C18H15NO4.ClH/c19-9-10(8-15(20)21)11-6-3-7-14-16(11)18(23)13-5-2-1-4-12(13)17(14)22;/h1-7,10H,8-9,19H2,(H,20,21);1H. The number of hydrogen-bond donors (Lipinski definition) is 2. The summed E-state index contributed by atoms with van der Waals surface area (Å²) in [6.45, 7) is 0.0892. The van der Waals surface area contributed by atoms with Gasteiger partial charge in [0.15, 0.2) is 11.6 Å². The maximum atomic E-state index is 12.8. The van der Waals surface area contributed by atoms with Gasteiger partial charge in [0.05, 0.1) is 6.42 Å². The topological polar surface area (TPSA) is 97.5 Å². The van der Waals surface area contributed by atoms with Gasteiger partial charge >= 0.3 is 5.97 Å². The third-order valence-corrected chi connectivity index (χ3v) is 4.13. The number of rotatable bonds is 4. The van der Waals surface area contributed by atoms with Gasteiger partial charge in [0.25, 0.3) is 0 Å². The molecule has 2 aromatic carbocycles. The quantitative estimate of drug-likeness (QED) is 0.756. The fraction of sp³-hybridized carbons (Fsp3) is 0.167. The number of ketones is 2. The minimum absolute atomic E-state index is 0. The molecule has 0 heterocycles. The highest BCUT2D eigenvalue weighted by Gasteiger charge is 2.33. The van der Waals surface area contributed by atoms with E-state index in [4.69, 9.17) is 10.8 Å². The number of hydrogen-bond acceptors (Lipinski definition) is 4. The van der Waals surface area contributed by atoms with Gasteiger partial charge in [-0.1, -0.05) is 42.5 Å². The summed E-state index contributed by atoms with van der Waals surface area (Å²) < 4.78 is 0. The van der Waals surface area contributed by atoms with Crippen LogP contribution < -0.4 is 5.73 Å². The highest BCUT2D eigenvalue weighted by atomic mass is 35.5. The fourth-order valence-corrected chi connectivity index (χ4v) is 3.04. The molecule has 1 unspecified atom stereocenters. The lowest BCUT2D eigenvalue weighted by Crippen LogP contribution is -2.25. The van der Waals surface area contributed by atoms with Crippen LogP contribution in [0.2, 0.25) is 0 Å². The smallest absolute Gasteiger partial charge is 0.304 e. The zero-order valence-electron chi connectivity index (χ0n) is 12.7. The van der Waals surface area contributed by atoms with Crippen molar-refractivity contribution >= 4 is 29.9 Å². The number of fused-ring (bicyclic) bond motifs is 2. The predicted molar refractivity (Wildman–Crippen MR) is 91.0 cm³/mol. The van der Waals surface area contributed by atoms with Crippen LogP contribution in [0.4, 0.5) is 0 Å². The number of carboxylic acids is 1. The number of halogens is 1. The number of carbonyl (C=O) groups is 3. The van der Waals surface area contributed by atoms with Crippen molar-refractivity contribution in [3.8, 4) is 0 Å². The average molecular weight is 346 g/mol. The fourth-order valence-electron chi connectivity index (χ4n) is 3.04. The molecule has 0 aliphatic heterocycles. The lowest BCUT2D eigenvalue weighted by Gasteiger charge is -2.23. The zero-order chi connectivity index (χ0) is 16.6. The Morgan fingerprint density at radius 1 is 0.958 bits per heavy atom. The predicted octanol–water partition coefficient (Wildman–Crippen LogP) is 2.40. The molecule has 0 amide bonds. The van der Waals surface area contributed by atoms with Gasteiger partial charge in [-0.15, -0.1) is 12.4 Å². The van der Waals surface area contributed by atoms with Crippen LogP contribution in [0.1, 0.15) is 49.7 Å². The van der Waals surface area contributed by atoms with Crippen molar-refractivity contribution in [3.63, 3.8) is 0 Å². The lowest BCUT2D eigenvalue weighted by molar-refractivity contribution is -0.137. The molecule has 0 bridgehead atoms. The van der Waals surface area contributed by atoms with Crippen molar-refractivity contribution in [1.29, 1.82) is 0 Å². The third-order valence-electron chi connectivity index (χ3n) is 4.13. The molecule has 0 fully saturated rings. The van der Waals surface area contributed by atoms with Crippen LogP contribution in [0.15, 0.2) is 42.5 Å². The first-order valence-corrected chi connectivity index (χ1v) is 7.27. The van der Waals surface area contributed by atoms with Crippen LogP contribution in [-0.2, 0) is 4.79 Å². The second kappa shape index (κ2) is 6.95. The highest BCUT2D eigenvalue weighted by Crippen LogP contribution is 2.33.